The Morgan fingerprint density at radius 1 is 0.406 bits per heavy atom. The molecule has 394 valence electrons. The second-order valence-electron chi connectivity index (χ2n) is 23.0. The van der Waals surface area contributed by atoms with Crippen molar-refractivity contribution in [3.8, 4) is 0 Å². The molecule has 3 aliphatic heterocycles. The van der Waals surface area contributed by atoms with Gasteiger partial charge in [-0.3, -0.25) is 38.7 Å². The Balaban J connectivity index is 1.86. The average molecular weight is 982 g/mol. The summed E-state index contributed by atoms with van der Waals surface area (Å²) in [5.41, 5.74) is -4.23. The van der Waals surface area contributed by atoms with E-state index in [-0.39, 0.29) is 68.6 Å². The number of aliphatic carboxylic acids is 2. The van der Waals surface area contributed by atoms with Crippen molar-refractivity contribution in [1.82, 2.24) is 45.8 Å². The smallest absolute Gasteiger partial charge is 0.339 e. The van der Waals surface area contributed by atoms with Gasteiger partial charge < -0.3 is 40.7 Å². The maximum absolute atomic E-state index is 14.0. The molecule has 3 fully saturated rings. The summed E-state index contributed by atoms with van der Waals surface area (Å²) in [5.74, 6) is -5.04. The van der Waals surface area contributed by atoms with E-state index in [1.165, 1.54) is 30.6 Å². The van der Waals surface area contributed by atoms with Gasteiger partial charge in [-0.05, 0) is 122 Å². The highest BCUT2D eigenvalue weighted by atomic mass is 16.7. The third-order valence-electron chi connectivity index (χ3n) is 12.8. The van der Waals surface area contributed by atoms with E-state index in [0.717, 1.165) is 0 Å². The molecule has 0 spiro atoms. The van der Waals surface area contributed by atoms with Crippen molar-refractivity contribution in [2.24, 2.45) is 0 Å². The number of carboxylic acids is 2. The normalized spacial score (nSPS) is 21.6. The van der Waals surface area contributed by atoms with E-state index in [1.54, 1.807) is 20.1 Å². The summed E-state index contributed by atoms with van der Waals surface area (Å²) in [6.07, 6.45) is 2.91. The van der Waals surface area contributed by atoms with E-state index in [0.29, 0.717) is 38.5 Å². The third-order valence-corrected chi connectivity index (χ3v) is 12.8. The molecule has 22 heteroatoms. The number of hydroxylamine groups is 6. The Morgan fingerprint density at radius 3 is 0.812 bits per heavy atom. The van der Waals surface area contributed by atoms with Gasteiger partial charge >= 0.3 is 29.8 Å². The van der Waals surface area contributed by atoms with Crippen LogP contribution < -0.4 is 16.0 Å². The van der Waals surface area contributed by atoms with Crippen LogP contribution in [0.2, 0.25) is 0 Å². The summed E-state index contributed by atoms with van der Waals surface area (Å²) >= 11 is 0. The van der Waals surface area contributed by atoms with Gasteiger partial charge in [-0.1, -0.05) is 0 Å². The van der Waals surface area contributed by atoms with Gasteiger partial charge in [0.25, 0.3) is 0 Å². The first kappa shape index (κ1) is 58.8. The van der Waals surface area contributed by atoms with Crippen LogP contribution in [0.4, 0.5) is 0 Å². The fourth-order valence-corrected chi connectivity index (χ4v) is 11.3. The first-order valence-corrected chi connectivity index (χ1v) is 23.9. The van der Waals surface area contributed by atoms with Gasteiger partial charge in [-0.2, -0.15) is 0 Å². The highest BCUT2D eigenvalue weighted by molar-refractivity contribution is 5.76. The Labute approximate surface area is 408 Å². The molecule has 0 atom stereocenters. The molecule has 5 N–H and O–H groups in total. The molecule has 3 saturated heterocycles. The molecule has 0 unspecified atom stereocenters. The zero-order valence-electron chi connectivity index (χ0n) is 43.9. The highest BCUT2D eigenvalue weighted by Crippen LogP contribution is 2.41. The van der Waals surface area contributed by atoms with Crippen molar-refractivity contribution in [2.45, 2.75) is 194 Å². The molecule has 0 aromatic heterocycles. The number of amides is 3. The molecule has 0 radical (unpaired) electrons. The molecule has 22 nitrogen and oxygen atoms in total. The molecular weight excluding hydrogens is 899 g/mol. The molecule has 0 aliphatic carbocycles. The topological polar surface area (TPSA) is 260 Å². The number of nitrogens with one attached hydrogen (secondary N) is 3. The number of piperidine rings is 3. The minimum Gasteiger partial charge on any atom is -0.480 e. The van der Waals surface area contributed by atoms with Crippen LogP contribution in [0.15, 0.2) is 0 Å². The number of carbonyl (C=O) groups is 8. The van der Waals surface area contributed by atoms with Crippen molar-refractivity contribution in [3.05, 3.63) is 0 Å². The van der Waals surface area contributed by atoms with Crippen LogP contribution in [0.5, 0.6) is 0 Å². The van der Waals surface area contributed by atoms with Crippen LogP contribution in [0, 0.1) is 0 Å². The van der Waals surface area contributed by atoms with Gasteiger partial charge in [-0.25, -0.2) is 14.4 Å². The second-order valence-corrected chi connectivity index (χ2v) is 23.0. The summed E-state index contributed by atoms with van der Waals surface area (Å²) in [5, 5.41) is 33.6. The van der Waals surface area contributed by atoms with Crippen molar-refractivity contribution in [3.63, 3.8) is 0 Å². The molecule has 0 saturated carbocycles. The summed E-state index contributed by atoms with van der Waals surface area (Å²) in [4.78, 5) is 124. The molecule has 3 heterocycles. The lowest BCUT2D eigenvalue weighted by molar-refractivity contribution is -0.269. The Kier molecular flexibility index (Phi) is 19.8. The van der Waals surface area contributed by atoms with Gasteiger partial charge in [0.2, 0.25) is 17.7 Å². The molecule has 3 rings (SSSR count). The van der Waals surface area contributed by atoms with Crippen LogP contribution >= 0.6 is 0 Å². The quantitative estimate of drug-likeness (QED) is 0.104. The zero-order valence-corrected chi connectivity index (χ0v) is 43.9. The van der Waals surface area contributed by atoms with E-state index in [9.17, 15) is 48.6 Å². The van der Waals surface area contributed by atoms with E-state index < -0.39 is 89.3 Å². The summed E-state index contributed by atoms with van der Waals surface area (Å²) in [7, 11) is 0. The Morgan fingerprint density at radius 2 is 0.609 bits per heavy atom. The minimum atomic E-state index is -1.21. The van der Waals surface area contributed by atoms with Crippen LogP contribution in [0.3, 0.4) is 0 Å². The van der Waals surface area contributed by atoms with E-state index in [4.69, 9.17) is 14.5 Å². The lowest BCUT2D eigenvalue weighted by Crippen LogP contribution is -2.64. The number of carboxylic acid groups (broad SMARTS) is 2. The second kappa shape index (κ2) is 23.2. The summed E-state index contributed by atoms with van der Waals surface area (Å²) in [6.45, 7) is 24.7. The monoisotopic (exact) mass is 982 g/mol. The van der Waals surface area contributed by atoms with Crippen LogP contribution in [0.1, 0.15) is 142 Å². The van der Waals surface area contributed by atoms with E-state index >= 15 is 0 Å². The summed E-state index contributed by atoms with van der Waals surface area (Å²) < 4.78 is 0. The molecular formula is C47H83N9O13. The Hall–Kier alpha value is -4.48. The highest BCUT2D eigenvalue weighted by Gasteiger charge is 2.51. The predicted molar refractivity (Wildman–Crippen MR) is 253 cm³/mol. The standard InChI is InChI=1S/C47H83N9O13/c1-31(57)48-34-20-42(4,5)54(43(6,7)21-34)67-39(64)28-51(16-18-52(26-37(60)61)29-40(65)68-55-44(8,9)22-35(49-32(2)58)23-45(55,10)11)17-19-53(27-38(62)63)30-41(66)69-56-46(12,13)24-36(50-33(3)59)25-47(56,14)15/h34-36H,16-30H2,1-15H3,(H,48,57)(H,49,58)(H,50,59)(H,60,61)(H,62,63). The molecule has 3 amide bonds. The van der Waals surface area contributed by atoms with E-state index in [1.807, 2.05) is 83.1 Å². The first-order valence-electron chi connectivity index (χ1n) is 23.9. The minimum absolute atomic E-state index is 0.00310. The average Bonchev–Trinajstić information content (AvgIpc) is 3.11. The number of rotatable bonds is 22. The lowest BCUT2D eigenvalue weighted by atomic mass is 9.79. The number of carbonyl (C=O) groups excluding carboxylic acids is 6. The SMILES string of the molecule is CC(=O)NC1CC(C)(C)N(OC(=O)CN(CCN(CC(=O)O)CC(=O)ON2C(C)(C)CC(NC(C)=O)CC2(C)C)CCN(CC(=O)O)CC(=O)ON2C(C)(C)CC(NC(C)=O)CC2(C)C)C(C)(C)C1. The van der Waals surface area contributed by atoms with Crippen molar-refractivity contribution in [1.29, 1.82) is 0 Å². The number of nitrogens with zero attached hydrogens (tertiary/aromatic N) is 6. The largest absolute Gasteiger partial charge is 0.480 e. The van der Waals surface area contributed by atoms with Crippen LogP contribution in [-0.4, -0.2) is 198 Å². The van der Waals surface area contributed by atoms with Gasteiger partial charge in [0.1, 0.15) is 0 Å². The van der Waals surface area contributed by atoms with E-state index in [2.05, 4.69) is 16.0 Å². The maximum Gasteiger partial charge on any atom is 0.339 e. The third kappa shape index (κ3) is 18.0. The van der Waals surface area contributed by atoms with Crippen molar-refractivity contribution in [2.75, 3.05) is 58.9 Å². The van der Waals surface area contributed by atoms with Crippen molar-refractivity contribution >= 4 is 47.6 Å². The fourth-order valence-electron chi connectivity index (χ4n) is 11.3. The first-order chi connectivity index (χ1) is 31.4. The van der Waals surface area contributed by atoms with Gasteiger partial charge in [0.15, 0.2) is 0 Å². The van der Waals surface area contributed by atoms with Crippen LogP contribution in [0.25, 0.3) is 0 Å². The molecule has 0 bridgehead atoms. The number of hydrogen-bond acceptors (Lipinski definition) is 17. The Bertz CT molecular complexity index is 1740. The molecule has 0 aromatic carbocycles. The van der Waals surface area contributed by atoms with Gasteiger partial charge in [0.05, 0.1) is 66.0 Å². The molecule has 3 aliphatic rings. The zero-order chi connectivity index (χ0) is 52.7. The summed E-state index contributed by atoms with van der Waals surface area (Å²) in [6, 6.07) is -0.488. The lowest BCUT2D eigenvalue weighted by Gasteiger charge is -2.53. The molecule has 69 heavy (non-hydrogen) atoms. The van der Waals surface area contributed by atoms with Crippen molar-refractivity contribution < 1.29 is 63.1 Å². The molecule has 0 aromatic rings. The van der Waals surface area contributed by atoms with Gasteiger partial charge in [-0.15, -0.1) is 15.2 Å². The maximum atomic E-state index is 14.0. The van der Waals surface area contributed by atoms with Gasteiger partial charge in [0, 0.05) is 65.1 Å². The fraction of sp³-hybridized carbons (Fsp3) is 0.830. The predicted octanol–water partition coefficient (Wildman–Crippen LogP) is 1.91. The number of hydrogen-bond donors (Lipinski definition) is 5. The van der Waals surface area contributed by atoms with Crippen LogP contribution in [-0.2, 0) is 52.9 Å².